The van der Waals surface area contributed by atoms with E-state index in [1.807, 2.05) is 13.8 Å². The fourth-order valence-electron chi connectivity index (χ4n) is 1.39. The van der Waals surface area contributed by atoms with Gasteiger partial charge in [-0.15, -0.1) is 0 Å². The second-order valence-electron chi connectivity index (χ2n) is 4.24. The second-order valence-corrected chi connectivity index (χ2v) is 6.78. The highest BCUT2D eigenvalue weighted by atomic mass is 32.2. The predicted octanol–water partition coefficient (Wildman–Crippen LogP) is 1.61. The van der Waals surface area contributed by atoms with Gasteiger partial charge in [0.2, 0.25) is 0 Å². The van der Waals surface area contributed by atoms with Crippen LogP contribution < -0.4 is 5.32 Å². The van der Waals surface area contributed by atoms with E-state index in [1.165, 1.54) is 0 Å². The molecule has 17 heavy (non-hydrogen) atoms. The number of rotatable bonds is 11. The number of unbranched alkanes of at least 4 members (excludes halogenated alkanes) is 1. The van der Waals surface area contributed by atoms with Crippen molar-refractivity contribution in [3.63, 3.8) is 0 Å². The maximum Gasteiger partial charge on any atom is 0.154 e. The molecule has 4 nitrogen and oxygen atoms in total. The van der Waals surface area contributed by atoms with E-state index in [1.54, 1.807) is 6.92 Å². The molecule has 0 saturated carbocycles. The minimum Gasteiger partial charge on any atom is -0.382 e. The highest BCUT2D eigenvalue weighted by Crippen LogP contribution is 2.04. The van der Waals surface area contributed by atoms with Crippen LogP contribution in [0.2, 0.25) is 0 Å². The molecule has 1 atom stereocenters. The van der Waals surface area contributed by atoms with Crippen LogP contribution >= 0.6 is 0 Å². The normalized spacial score (nSPS) is 13.8. The van der Waals surface area contributed by atoms with E-state index < -0.39 is 9.84 Å². The summed E-state index contributed by atoms with van der Waals surface area (Å²) in [6, 6.07) is 0. The largest absolute Gasteiger partial charge is 0.382 e. The van der Waals surface area contributed by atoms with E-state index in [0.717, 1.165) is 32.6 Å². The van der Waals surface area contributed by atoms with Gasteiger partial charge in [-0.2, -0.15) is 0 Å². The number of sulfone groups is 1. The van der Waals surface area contributed by atoms with E-state index in [-0.39, 0.29) is 11.0 Å². The lowest BCUT2D eigenvalue weighted by Crippen LogP contribution is -2.28. The smallest absolute Gasteiger partial charge is 0.154 e. The molecule has 5 heteroatoms. The van der Waals surface area contributed by atoms with E-state index in [2.05, 4.69) is 5.32 Å². The first-order valence-electron chi connectivity index (χ1n) is 6.54. The number of ether oxygens (including phenoxy) is 1. The van der Waals surface area contributed by atoms with E-state index in [0.29, 0.717) is 13.0 Å². The molecule has 0 bridgehead atoms. The van der Waals surface area contributed by atoms with Gasteiger partial charge in [0.1, 0.15) is 0 Å². The Bertz CT molecular complexity index is 265. The summed E-state index contributed by atoms with van der Waals surface area (Å²) in [5, 5.41) is 2.94. The van der Waals surface area contributed by atoms with Crippen LogP contribution in [0.4, 0.5) is 0 Å². The molecule has 0 spiro atoms. The van der Waals surface area contributed by atoms with Gasteiger partial charge in [0.15, 0.2) is 9.84 Å². The van der Waals surface area contributed by atoms with Crippen LogP contribution in [0.1, 0.15) is 40.0 Å². The monoisotopic (exact) mass is 265 g/mol. The zero-order valence-corrected chi connectivity index (χ0v) is 12.2. The molecule has 0 aliphatic carbocycles. The molecule has 0 amide bonds. The van der Waals surface area contributed by atoms with Gasteiger partial charge in [0.25, 0.3) is 0 Å². The Morgan fingerprint density at radius 1 is 1.18 bits per heavy atom. The molecular formula is C12H27NO3S. The first kappa shape index (κ1) is 16.9. The van der Waals surface area contributed by atoms with Gasteiger partial charge < -0.3 is 10.1 Å². The number of hydrogen-bond donors (Lipinski definition) is 1. The van der Waals surface area contributed by atoms with Crippen molar-refractivity contribution in [2.75, 3.05) is 32.1 Å². The highest BCUT2D eigenvalue weighted by Gasteiger charge is 2.17. The van der Waals surface area contributed by atoms with Gasteiger partial charge in [-0.3, -0.25) is 0 Å². The third-order valence-corrected chi connectivity index (χ3v) is 5.18. The fourth-order valence-corrected chi connectivity index (χ4v) is 2.73. The van der Waals surface area contributed by atoms with Crippen molar-refractivity contribution in [1.29, 1.82) is 0 Å². The van der Waals surface area contributed by atoms with Gasteiger partial charge in [-0.05, 0) is 39.7 Å². The van der Waals surface area contributed by atoms with Crippen LogP contribution in [-0.2, 0) is 14.6 Å². The standard InChI is InChI=1S/C12H27NO3S/c1-4-12(3)17(14,15)11-9-13-8-6-7-10-16-5-2/h12-13H,4-11H2,1-3H3. The molecule has 0 aromatic rings. The molecule has 1 unspecified atom stereocenters. The molecular weight excluding hydrogens is 238 g/mol. The summed E-state index contributed by atoms with van der Waals surface area (Å²) >= 11 is 0. The summed E-state index contributed by atoms with van der Waals surface area (Å²) < 4.78 is 28.6. The molecule has 0 saturated heterocycles. The van der Waals surface area contributed by atoms with Crippen molar-refractivity contribution < 1.29 is 13.2 Å². The maximum absolute atomic E-state index is 11.7. The Morgan fingerprint density at radius 2 is 1.88 bits per heavy atom. The van der Waals surface area contributed by atoms with E-state index in [9.17, 15) is 8.42 Å². The second kappa shape index (κ2) is 9.85. The van der Waals surface area contributed by atoms with Crippen LogP contribution in [0.25, 0.3) is 0 Å². The third-order valence-electron chi connectivity index (χ3n) is 2.85. The quantitative estimate of drug-likeness (QED) is 0.577. The van der Waals surface area contributed by atoms with Gasteiger partial charge in [0, 0.05) is 19.8 Å². The van der Waals surface area contributed by atoms with Crippen LogP contribution in [0.5, 0.6) is 0 Å². The first-order valence-corrected chi connectivity index (χ1v) is 8.26. The van der Waals surface area contributed by atoms with Crippen molar-refractivity contribution in [2.24, 2.45) is 0 Å². The average molecular weight is 265 g/mol. The van der Waals surface area contributed by atoms with Crippen LogP contribution in [0.3, 0.4) is 0 Å². The van der Waals surface area contributed by atoms with Gasteiger partial charge in [-0.25, -0.2) is 8.42 Å². The molecule has 0 aliphatic rings. The summed E-state index contributed by atoms with van der Waals surface area (Å²) in [6.07, 6.45) is 2.75. The Kier molecular flexibility index (Phi) is 9.78. The summed E-state index contributed by atoms with van der Waals surface area (Å²) in [7, 11) is -2.90. The minimum absolute atomic E-state index is 0.220. The average Bonchev–Trinajstić information content (AvgIpc) is 2.31. The maximum atomic E-state index is 11.7. The Morgan fingerprint density at radius 3 is 2.47 bits per heavy atom. The lowest BCUT2D eigenvalue weighted by molar-refractivity contribution is 0.143. The Hall–Kier alpha value is -0.130. The third kappa shape index (κ3) is 8.57. The zero-order chi connectivity index (χ0) is 13.1. The Balaban J connectivity index is 3.45. The van der Waals surface area contributed by atoms with E-state index in [4.69, 9.17) is 4.74 Å². The summed E-state index contributed by atoms with van der Waals surface area (Å²) in [6.45, 7) is 8.65. The zero-order valence-electron chi connectivity index (χ0n) is 11.4. The van der Waals surface area contributed by atoms with Crippen molar-refractivity contribution in [3.8, 4) is 0 Å². The predicted molar refractivity (Wildman–Crippen MR) is 72.1 cm³/mol. The molecule has 1 N–H and O–H groups in total. The molecule has 0 rings (SSSR count). The molecule has 0 heterocycles. The van der Waals surface area contributed by atoms with Gasteiger partial charge in [0.05, 0.1) is 11.0 Å². The summed E-state index contributed by atoms with van der Waals surface area (Å²) in [5.74, 6) is 0.244. The molecule has 0 aromatic heterocycles. The van der Waals surface area contributed by atoms with Gasteiger partial charge >= 0.3 is 0 Å². The molecule has 0 radical (unpaired) electrons. The molecule has 0 aliphatic heterocycles. The van der Waals surface area contributed by atoms with Crippen LogP contribution in [0, 0.1) is 0 Å². The van der Waals surface area contributed by atoms with Crippen LogP contribution in [-0.4, -0.2) is 45.7 Å². The number of hydrogen-bond acceptors (Lipinski definition) is 4. The molecule has 104 valence electrons. The lowest BCUT2D eigenvalue weighted by Gasteiger charge is -2.10. The SMILES string of the molecule is CCOCCCCNCCS(=O)(=O)C(C)CC. The highest BCUT2D eigenvalue weighted by molar-refractivity contribution is 7.92. The topological polar surface area (TPSA) is 55.4 Å². The van der Waals surface area contributed by atoms with Crippen molar-refractivity contribution in [2.45, 2.75) is 45.3 Å². The van der Waals surface area contributed by atoms with E-state index >= 15 is 0 Å². The summed E-state index contributed by atoms with van der Waals surface area (Å²) in [4.78, 5) is 0. The minimum atomic E-state index is -2.90. The fraction of sp³-hybridized carbons (Fsp3) is 1.00. The lowest BCUT2D eigenvalue weighted by atomic mass is 10.3. The molecule has 0 fully saturated rings. The van der Waals surface area contributed by atoms with Crippen LogP contribution in [0.15, 0.2) is 0 Å². The Labute approximate surface area is 106 Å². The summed E-state index contributed by atoms with van der Waals surface area (Å²) in [5.41, 5.74) is 0. The van der Waals surface area contributed by atoms with Crippen molar-refractivity contribution >= 4 is 9.84 Å². The number of nitrogens with one attached hydrogen (secondary N) is 1. The van der Waals surface area contributed by atoms with Gasteiger partial charge in [-0.1, -0.05) is 6.92 Å². The molecule has 0 aromatic carbocycles. The van der Waals surface area contributed by atoms with Crippen molar-refractivity contribution in [3.05, 3.63) is 0 Å². The van der Waals surface area contributed by atoms with Crippen molar-refractivity contribution in [1.82, 2.24) is 5.32 Å². The first-order chi connectivity index (χ1) is 8.04.